The topological polar surface area (TPSA) is 18.5 Å². The van der Waals surface area contributed by atoms with E-state index in [4.69, 9.17) is 9.47 Å². The Morgan fingerprint density at radius 3 is 2.33 bits per heavy atom. The Kier molecular flexibility index (Phi) is 3.39. The average molecular weight is 284 g/mol. The zero-order valence-corrected chi connectivity index (χ0v) is 12.6. The lowest BCUT2D eigenvalue weighted by molar-refractivity contribution is -0.161. The largest absolute Gasteiger partial charge is 0.372 e. The monoisotopic (exact) mass is 284 g/mol. The van der Waals surface area contributed by atoms with E-state index in [0.717, 1.165) is 32.5 Å². The SMILES string of the molecule is C(=C1/CCC[C@@]2(CCCO2)[C@]12CCCO2)/c1ccccc1. The van der Waals surface area contributed by atoms with Crippen molar-refractivity contribution in [2.75, 3.05) is 13.2 Å². The molecule has 2 heteroatoms. The van der Waals surface area contributed by atoms with Gasteiger partial charge in [-0.2, -0.15) is 0 Å². The van der Waals surface area contributed by atoms with E-state index in [-0.39, 0.29) is 11.2 Å². The van der Waals surface area contributed by atoms with Gasteiger partial charge < -0.3 is 9.47 Å². The summed E-state index contributed by atoms with van der Waals surface area (Å²) in [6.45, 7) is 1.79. The van der Waals surface area contributed by atoms with Gasteiger partial charge in [0.05, 0.1) is 0 Å². The molecule has 1 aliphatic carbocycles. The van der Waals surface area contributed by atoms with Gasteiger partial charge in [-0.15, -0.1) is 0 Å². The molecule has 3 aliphatic rings. The van der Waals surface area contributed by atoms with Crippen molar-refractivity contribution >= 4 is 6.08 Å². The van der Waals surface area contributed by atoms with Gasteiger partial charge in [0.25, 0.3) is 0 Å². The molecule has 2 saturated heterocycles. The third-order valence-corrected chi connectivity index (χ3v) is 5.55. The summed E-state index contributed by atoms with van der Waals surface area (Å²) in [4.78, 5) is 0. The van der Waals surface area contributed by atoms with Crippen LogP contribution in [0.25, 0.3) is 6.08 Å². The Balaban J connectivity index is 1.77. The van der Waals surface area contributed by atoms with Crippen LogP contribution in [0.15, 0.2) is 35.9 Å². The minimum atomic E-state index is -0.141. The summed E-state index contributed by atoms with van der Waals surface area (Å²) < 4.78 is 12.7. The molecule has 2 atom stereocenters. The maximum atomic E-state index is 6.41. The van der Waals surface area contributed by atoms with Crippen molar-refractivity contribution in [2.45, 2.75) is 56.1 Å². The Bertz CT molecular complexity index is 520. The van der Waals surface area contributed by atoms with E-state index < -0.39 is 0 Å². The number of fused-ring (bicyclic) bond motifs is 1. The minimum absolute atomic E-state index is 0.0393. The molecule has 2 nitrogen and oxygen atoms in total. The third kappa shape index (κ3) is 2.08. The van der Waals surface area contributed by atoms with Crippen molar-refractivity contribution in [3.8, 4) is 0 Å². The summed E-state index contributed by atoms with van der Waals surface area (Å²) in [5.74, 6) is 0. The van der Waals surface area contributed by atoms with Crippen LogP contribution in [0.3, 0.4) is 0 Å². The quantitative estimate of drug-likeness (QED) is 0.763. The molecule has 1 saturated carbocycles. The van der Waals surface area contributed by atoms with Gasteiger partial charge in [0.1, 0.15) is 11.2 Å². The van der Waals surface area contributed by atoms with Crippen molar-refractivity contribution < 1.29 is 9.47 Å². The number of benzene rings is 1. The lowest BCUT2D eigenvalue weighted by Crippen LogP contribution is -2.56. The van der Waals surface area contributed by atoms with E-state index in [1.165, 1.54) is 36.8 Å². The maximum Gasteiger partial charge on any atom is 0.118 e. The predicted molar refractivity (Wildman–Crippen MR) is 84.1 cm³/mol. The van der Waals surface area contributed by atoms with E-state index in [1.807, 2.05) is 0 Å². The number of rotatable bonds is 1. The normalized spacial score (nSPS) is 37.8. The van der Waals surface area contributed by atoms with Crippen LogP contribution in [0, 0.1) is 0 Å². The maximum absolute atomic E-state index is 6.41. The van der Waals surface area contributed by atoms with Crippen LogP contribution in [0.2, 0.25) is 0 Å². The number of ether oxygens (including phenoxy) is 2. The van der Waals surface area contributed by atoms with Gasteiger partial charge in [0, 0.05) is 13.2 Å². The summed E-state index contributed by atoms with van der Waals surface area (Å²) in [7, 11) is 0. The van der Waals surface area contributed by atoms with Gasteiger partial charge in [-0.05, 0) is 56.1 Å². The van der Waals surface area contributed by atoms with Crippen LogP contribution in [0.4, 0.5) is 0 Å². The Morgan fingerprint density at radius 1 is 0.857 bits per heavy atom. The van der Waals surface area contributed by atoms with Gasteiger partial charge in [-0.25, -0.2) is 0 Å². The van der Waals surface area contributed by atoms with Crippen molar-refractivity contribution in [2.24, 2.45) is 0 Å². The second-order valence-corrected chi connectivity index (χ2v) is 6.66. The van der Waals surface area contributed by atoms with Gasteiger partial charge in [0.2, 0.25) is 0 Å². The molecule has 0 N–H and O–H groups in total. The molecule has 1 aromatic carbocycles. The molecule has 2 heterocycles. The molecular weight excluding hydrogens is 260 g/mol. The van der Waals surface area contributed by atoms with Crippen molar-refractivity contribution in [1.82, 2.24) is 0 Å². The van der Waals surface area contributed by atoms with E-state index in [0.29, 0.717) is 0 Å². The fourth-order valence-corrected chi connectivity index (χ4v) is 4.67. The van der Waals surface area contributed by atoms with Crippen molar-refractivity contribution in [3.05, 3.63) is 41.5 Å². The molecule has 2 spiro atoms. The molecule has 1 aromatic rings. The Morgan fingerprint density at radius 2 is 1.62 bits per heavy atom. The van der Waals surface area contributed by atoms with E-state index in [1.54, 1.807) is 0 Å². The summed E-state index contributed by atoms with van der Waals surface area (Å²) in [6, 6.07) is 10.7. The molecule has 21 heavy (non-hydrogen) atoms. The first-order valence-electron chi connectivity index (χ1n) is 8.39. The van der Waals surface area contributed by atoms with Crippen molar-refractivity contribution in [1.29, 1.82) is 0 Å². The van der Waals surface area contributed by atoms with E-state index in [2.05, 4.69) is 36.4 Å². The van der Waals surface area contributed by atoms with Gasteiger partial charge in [0.15, 0.2) is 0 Å². The molecule has 0 unspecified atom stereocenters. The highest BCUT2D eigenvalue weighted by Crippen LogP contribution is 2.55. The fourth-order valence-electron chi connectivity index (χ4n) is 4.67. The second kappa shape index (κ2) is 5.26. The first kappa shape index (κ1) is 13.5. The van der Waals surface area contributed by atoms with Crippen LogP contribution < -0.4 is 0 Å². The fraction of sp³-hybridized carbons (Fsp3) is 0.579. The zero-order valence-electron chi connectivity index (χ0n) is 12.6. The second-order valence-electron chi connectivity index (χ2n) is 6.66. The van der Waals surface area contributed by atoms with Gasteiger partial charge in [-0.3, -0.25) is 0 Å². The van der Waals surface area contributed by atoms with Crippen LogP contribution in [-0.2, 0) is 9.47 Å². The minimum Gasteiger partial charge on any atom is -0.372 e. The number of hydrogen-bond donors (Lipinski definition) is 0. The van der Waals surface area contributed by atoms with Gasteiger partial charge in [-0.1, -0.05) is 36.4 Å². The lowest BCUT2D eigenvalue weighted by atomic mass is 9.65. The smallest absolute Gasteiger partial charge is 0.118 e. The molecule has 0 bridgehead atoms. The predicted octanol–water partition coefficient (Wildman–Crippen LogP) is 4.35. The highest BCUT2D eigenvalue weighted by atomic mass is 16.6. The molecule has 0 amide bonds. The average Bonchev–Trinajstić information content (AvgIpc) is 3.16. The third-order valence-electron chi connectivity index (χ3n) is 5.55. The first-order chi connectivity index (χ1) is 10.3. The Hall–Kier alpha value is -1.12. The zero-order chi connectivity index (χ0) is 14.2. The van der Waals surface area contributed by atoms with E-state index in [9.17, 15) is 0 Å². The molecule has 112 valence electrons. The summed E-state index contributed by atoms with van der Waals surface area (Å²) in [5, 5.41) is 0. The molecule has 4 rings (SSSR count). The Labute approximate surface area is 127 Å². The molecule has 3 fully saturated rings. The standard InChI is InChI=1S/C19H24O2/c1-2-7-16(8-3-1)15-17-9-4-10-18(11-5-13-20-18)19(17)12-6-14-21-19/h1-3,7-8,15H,4-6,9-14H2/b17-15+/t18-,19+/m1/s1. The molecule has 0 radical (unpaired) electrons. The van der Waals surface area contributed by atoms with Crippen molar-refractivity contribution in [3.63, 3.8) is 0 Å². The highest BCUT2D eigenvalue weighted by Gasteiger charge is 2.59. The summed E-state index contributed by atoms with van der Waals surface area (Å²) >= 11 is 0. The van der Waals surface area contributed by atoms with Crippen LogP contribution in [0.1, 0.15) is 50.5 Å². The van der Waals surface area contributed by atoms with E-state index >= 15 is 0 Å². The molecular formula is C19H24O2. The van der Waals surface area contributed by atoms with Gasteiger partial charge >= 0.3 is 0 Å². The van der Waals surface area contributed by atoms with Crippen LogP contribution >= 0.6 is 0 Å². The lowest BCUT2D eigenvalue weighted by Gasteiger charge is -2.50. The van der Waals surface area contributed by atoms with Crippen LogP contribution in [0.5, 0.6) is 0 Å². The first-order valence-corrected chi connectivity index (χ1v) is 8.39. The summed E-state index contributed by atoms with van der Waals surface area (Å²) in [6.07, 6.45) is 10.6. The highest BCUT2D eigenvalue weighted by molar-refractivity contribution is 5.57. The summed E-state index contributed by atoms with van der Waals surface area (Å²) in [5.41, 5.74) is 2.58. The molecule has 2 aliphatic heterocycles. The molecule has 0 aromatic heterocycles. The van der Waals surface area contributed by atoms with Crippen LogP contribution in [-0.4, -0.2) is 24.4 Å². The number of hydrogen-bond acceptors (Lipinski definition) is 2.